The van der Waals surface area contributed by atoms with Gasteiger partial charge in [-0.25, -0.2) is 4.57 Å². The number of hydrogen-bond donors (Lipinski definition) is 3. The molecule has 0 aromatic rings. The Morgan fingerprint density at radius 2 is 1.16 bits per heavy atom. The van der Waals surface area contributed by atoms with E-state index in [0.717, 1.165) is 38.5 Å². The van der Waals surface area contributed by atoms with Gasteiger partial charge in [0.25, 0.3) is 0 Å². The molecule has 1 aliphatic rings. The van der Waals surface area contributed by atoms with E-state index in [-0.39, 0.29) is 19.4 Å². The Morgan fingerprint density at radius 3 is 1.77 bits per heavy atom. The molecule has 0 aliphatic carbocycles. The van der Waals surface area contributed by atoms with Crippen molar-refractivity contribution in [2.24, 2.45) is 0 Å². The number of ether oxygens (including phenoxy) is 3. The van der Waals surface area contributed by atoms with Crippen LogP contribution in [0.1, 0.15) is 181 Å². The molecule has 1 fully saturated rings. The van der Waals surface area contributed by atoms with Crippen LogP contribution >= 0.6 is 7.82 Å². The molecule has 56 heavy (non-hydrogen) atoms. The average molecular weight is 815 g/mol. The molecule has 0 radical (unpaired) electrons. The Hall–Kier alpha value is -1.85. The second-order valence-corrected chi connectivity index (χ2v) is 16.6. The first kappa shape index (κ1) is 52.2. The Labute approximate surface area is 339 Å². The largest absolute Gasteiger partial charge is 0.472 e. The first-order valence-electron chi connectivity index (χ1n) is 22.1. The number of rotatable bonds is 40. The number of epoxide rings is 1. The minimum Gasteiger partial charge on any atom is -0.462 e. The highest BCUT2D eigenvalue weighted by Crippen LogP contribution is 2.43. The number of allylic oxidation sites excluding steroid dienone is 5. The third-order valence-electron chi connectivity index (χ3n) is 9.72. The fourth-order valence-corrected chi connectivity index (χ4v) is 6.99. The number of carbonyl (C=O) groups excluding carboxylic acids is 2. The van der Waals surface area contributed by atoms with Crippen LogP contribution in [0.25, 0.3) is 0 Å². The number of esters is 2. The summed E-state index contributed by atoms with van der Waals surface area (Å²) < 4.78 is 38.4. The lowest BCUT2D eigenvalue weighted by Gasteiger charge is -2.20. The molecule has 5 atom stereocenters. The number of unbranched alkanes of at least 4 members (excludes halogenated alkanes) is 17. The average Bonchev–Trinajstić information content (AvgIpc) is 3.94. The van der Waals surface area contributed by atoms with Crippen molar-refractivity contribution in [2.45, 2.75) is 205 Å². The van der Waals surface area contributed by atoms with Crippen molar-refractivity contribution in [1.29, 1.82) is 0 Å². The lowest BCUT2D eigenvalue weighted by molar-refractivity contribution is -0.161. The van der Waals surface area contributed by atoms with Gasteiger partial charge < -0.3 is 29.3 Å². The van der Waals surface area contributed by atoms with E-state index in [2.05, 4.69) is 48.8 Å². The SMILES string of the molecule is CCCCCCCCCCCCCCCCCC(=O)O[C@H](COC(=O)CCC/C=C\C/C=C\C/C=C\CC1OC1CCCCC)COP(=O)(O)OC[C@@H](O)CO. The predicted molar refractivity (Wildman–Crippen MR) is 223 cm³/mol. The van der Waals surface area contributed by atoms with Crippen LogP contribution in [-0.2, 0) is 37.4 Å². The molecule has 0 aromatic carbocycles. The molecule has 0 saturated carbocycles. The topological polar surface area (TPSA) is 161 Å². The summed E-state index contributed by atoms with van der Waals surface area (Å²) in [5, 5.41) is 18.3. The Balaban J connectivity index is 2.27. The number of phosphoric acid groups is 1. The fraction of sp³-hybridized carbons (Fsp3) is 0.818. The molecule has 12 heteroatoms. The molecule has 1 heterocycles. The molecular formula is C44H79O11P. The molecule has 1 rings (SSSR count). The second kappa shape index (κ2) is 36.2. The maximum absolute atomic E-state index is 12.6. The second-order valence-electron chi connectivity index (χ2n) is 15.1. The standard InChI is InChI=1S/C44H79O11P/c1-3-5-7-8-9-10-11-12-13-14-15-20-23-26-30-34-44(48)54-40(38-53-56(49,50)52-36-39(46)35-45)37-51-43(47)33-29-25-22-19-17-16-18-21-24-28-32-42-41(55-42)31-27-6-4-2/h16,18-19,22,24,28,39-42,45-46H,3-15,17,20-21,23,25-27,29-38H2,1-2H3,(H,49,50)/b18-16-,22-19-,28-24-/t39-,40+,41?,42?/m0/s1. The fourth-order valence-electron chi connectivity index (χ4n) is 6.20. The molecule has 3 unspecified atom stereocenters. The third-order valence-corrected chi connectivity index (χ3v) is 10.7. The van der Waals surface area contributed by atoms with Crippen LogP contribution in [0.5, 0.6) is 0 Å². The summed E-state index contributed by atoms with van der Waals surface area (Å²) in [5.41, 5.74) is 0. The molecular weight excluding hydrogens is 735 g/mol. The highest BCUT2D eigenvalue weighted by atomic mass is 31.2. The van der Waals surface area contributed by atoms with Gasteiger partial charge in [0.1, 0.15) is 12.7 Å². The van der Waals surface area contributed by atoms with E-state index in [0.29, 0.717) is 31.5 Å². The van der Waals surface area contributed by atoms with Gasteiger partial charge in [-0.05, 0) is 44.9 Å². The highest BCUT2D eigenvalue weighted by Gasteiger charge is 2.36. The molecule has 1 saturated heterocycles. The maximum Gasteiger partial charge on any atom is 0.472 e. The van der Waals surface area contributed by atoms with Gasteiger partial charge in [-0.3, -0.25) is 18.6 Å². The quantitative estimate of drug-likeness (QED) is 0.0177. The zero-order chi connectivity index (χ0) is 41.0. The molecule has 3 N–H and O–H groups in total. The van der Waals surface area contributed by atoms with Crippen molar-refractivity contribution < 1.29 is 52.5 Å². The predicted octanol–water partition coefficient (Wildman–Crippen LogP) is 10.5. The number of phosphoric ester groups is 1. The minimum absolute atomic E-state index is 0.163. The summed E-state index contributed by atoms with van der Waals surface area (Å²) in [7, 11) is -4.63. The van der Waals surface area contributed by atoms with Crippen molar-refractivity contribution in [3.63, 3.8) is 0 Å². The zero-order valence-corrected chi connectivity index (χ0v) is 35.9. The van der Waals surface area contributed by atoms with Crippen molar-refractivity contribution in [1.82, 2.24) is 0 Å². The van der Waals surface area contributed by atoms with Crippen molar-refractivity contribution >= 4 is 19.8 Å². The van der Waals surface area contributed by atoms with Gasteiger partial charge in [-0.2, -0.15) is 0 Å². The maximum atomic E-state index is 12.6. The van der Waals surface area contributed by atoms with Crippen molar-refractivity contribution in [3.8, 4) is 0 Å². The summed E-state index contributed by atoms with van der Waals surface area (Å²) in [6, 6.07) is 0. The van der Waals surface area contributed by atoms with Crippen LogP contribution in [0.2, 0.25) is 0 Å². The van der Waals surface area contributed by atoms with Gasteiger partial charge in [0.2, 0.25) is 0 Å². The lowest BCUT2D eigenvalue weighted by atomic mass is 10.0. The van der Waals surface area contributed by atoms with E-state index in [1.165, 1.54) is 96.3 Å². The molecule has 326 valence electrons. The van der Waals surface area contributed by atoms with Crippen LogP contribution in [0.3, 0.4) is 0 Å². The Bertz CT molecular complexity index is 1090. The smallest absolute Gasteiger partial charge is 0.462 e. The normalized spacial score (nSPS) is 17.8. The van der Waals surface area contributed by atoms with Gasteiger partial charge in [0, 0.05) is 12.8 Å². The van der Waals surface area contributed by atoms with Crippen LogP contribution < -0.4 is 0 Å². The first-order chi connectivity index (χ1) is 27.2. The van der Waals surface area contributed by atoms with Crippen molar-refractivity contribution in [3.05, 3.63) is 36.5 Å². The Morgan fingerprint density at radius 1 is 0.643 bits per heavy atom. The molecule has 0 amide bonds. The van der Waals surface area contributed by atoms with Crippen LogP contribution in [-0.4, -0.2) is 77.9 Å². The summed E-state index contributed by atoms with van der Waals surface area (Å²) in [5.74, 6) is -0.991. The zero-order valence-electron chi connectivity index (χ0n) is 35.0. The van der Waals surface area contributed by atoms with Crippen LogP contribution in [0, 0.1) is 0 Å². The van der Waals surface area contributed by atoms with Crippen molar-refractivity contribution in [2.75, 3.05) is 26.4 Å². The van der Waals surface area contributed by atoms with Gasteiger partial charge in [-0.15, -0.1) is 0 Å². The molecule has 1 aliphatic heterocycles. The molecule has 0 aromatic heterocycles. The first-order valence-corrected chi connectivity index (χ1v) is 23.6. The van der Waals surface area contributed by atoms with E-state index in [1.54, 1.807) is 0 Å². The summed E-state index contributed by atoms with van der Waals surface area (Å²) >= 11 is 0. The monoisotopic (exact) mass is 815 g/mol. The number of aliphatic hydroxyl groups excluding tert-OH is 2. The van der Waals surface area contributed by atoms with Crippen LogP contribution in [0.15, 0.2) is 36.5 Å². The summed E-state index contributed by atoms with van der Waals surface area (Å²) in [6.45, 7) is 2.29. The van der Waals surface area contributed by atoms with E-state index in [9.17, 15) is 24.2 Å². The van der Waals surface area contributed by atoms with E-state index in [1.807, 2.05) is 6.08 Å². The molecule has 11 nitrogen and oxygen atoms in total. The minimum atomic E-state index is -4.63. The Kier molecular flexibility index (Phi) is 33.8. The van der Waals surface area contributed by atoms with E-state index >= 15 is 0 Å². The molecule has 0 spiro atoms. The summed E-state index contributed by atoms with van der Waals surface area (Å²) in [6.07, 6.45) is 38.6. The van der Waals surface area contributed by atoms with E-state index < -0.39 is 51.8 Å². The number of carbonyl (C=O) groups is 2. The lowest BCUT2D eigenvalue weighted by Crippen LogP contribution is -2.29. The number of hydrogen-bond acceptors (Lipinski definition) is 10. The molecule has 0 bridgehead atoms. The van der Waals surface area contributed by atoms with Crippen LogP contribution in [0.4, 0.5) is 0 Å². The highest BCUT2D eigenvalue weighted by molar-refractivity contribution is 7.47. The van der Waals surface area contributed by atoms with Gasteiger partial charge >= 0.3 is 19.8 Å². The van der Waals surface area contributed by atoms with E-state index in [4.69, 9.17) is 23.8 Å². The third kappa shape index (κ3) is 33.2. The van der Waals surface area contributed by atoms with Gasteiger partial charge in [0.05, 0.1) is 32.0 Å². The van der Waals surface area contributed by atoms with Gasteiger partial charge in [-0.1, -0.05) is 159 Å². The summed E-state index contributed by atoms with van der Waals surface area (Å²) in [4.78, 5) is 35.0. The number of aliphatic hydroxyl groups is 2. The van der Waals surface area contributed by atoms with Gasteiger partial charge in [0.15, 0.2) is 6.10 Å².